The van der Waals surface area contributed by atoms with Crippen LogP contribution in [0.15, 0.2) is 42.7 Å². The zero-order valence-corrected chi connectivity index (χ0v) is 12.9. The molecule has 2 aromatic rings. The predicted molar refractivity (Wildman–Crippen MR) is 86.7 cm³/mol. The average molecular weight is 312 g/mol. The second kappa shape index (κ2) is 6.04. The summed E-state index contributed by atoms with van der Waals surface area (Å²) >= 11 is 0. The summed E-state index contributed by atoms with van der Waals surface area (Å²) in [5, 5.41) is 7.27. The van der Waals surface area contributed by atoms with Gasteiger partial charge in [0.05, 0.1) is 42.5 Å². The minimum absolute atomic E-state index is 0.0576. The van der Waals surface area contributed by atoms with Crippen molar-refractivity contribution in [2.75, 3.05) is 18.5 Å². The number of hydrogen-bond donors (Lipinski definition) is 1. The Balaban J connectivity index is 1.46. The number of aromatic nitrogens is 2. The molecule has 1 aromatic carbocycles. The van der Waals surface area contributed by atoms with E-state index in [0.29, 0.717) is 18.8 Å². The zero-order chi connectivity index (χ0) is 15.6. The highest BCUT2D eigenvalue weighted by Crippen LogP contribution is 2.30. The molecule has 1 aromatic heterocycles. The number of rotatable bonds is 2. The van der Waals surface area contributed by atoms with Gasteiger partial charge in [-0.25, -0.2) is 9.48 Å². The van der Waals surface area contributed by atoms with E-state index in [1.165, 1.54) is 0 Å². The number of carbonyl (C=O) groups is 1. The molecule has 120 valence electrons. The van der Waals surface area contributed by atoms with Crippen molar-refractivity contribution in [1.82, 2.24) is 14.7 Å². The Morgan fingerprint density at radius 2 is 2.13 bits per heavy atom. The van der Waals surface area contributed by atoms with Crippen molar-refractivity contribution in [3.63, 3.8) is 0 Å². The summed E-state index contributed by atoms with van der Waals surface area (Å²) in [6.45, 7) is 1.28. The first-order valence-electron chi connectivity index (χ1n) is 8.10. The number of urea groups is 1. The maximum absolute atomic E-state index is 12.6. The molecular weight excluding hydrogens is 292 g/mol. The Bertz CT molecular complexity index is 685. The first-order valence-corrected chi connectivity index (χ1v) is 8.10. The van der Waals surface area contributed by atoms with Gasteiger partial charge in [-0.05, 0) is 31.4 Å². The molecule has 0 spiro atoms. The Morgan fingerprint density at radius 3 is 3.00 bits per heavy atom. The van der Waals surface area contributed by atoms with Crippen LogP contribution < -0.4 is 5.32 Å². The molecule has 0 radical (unpaired) electrons. The maximum atomic E-state index is 12.6. The fraction of sp³-hybridized carbons (Fsp3) is 0.412. The van der Waals surface area contributed by atoms with E-state index in [2.05, 4.69) is 10.4 Å². The molecule has 1 aliphatic heterocycles. The van der Waals surface area contributed by atoms with Crippen LogP contribution in [0, 0.1) is 0 Å². The Morgan fingerprint density at radius 1 is 1.26 bits per heavy atom. The number of fused-ring (bicyclic) bond motifs is 1. The van der Waals surface area contributed by atoms with E-state index in [0.717, 1.165) is 24.9 Å². The highest BCUT2D eigenvalue weighted by atomic mass is 16.5. The van der Waals surface area contributed by atoms with E-state index >= 15 is 0 Å². The number of anilines is 1. The number of nitrogens with zero attached hydrogens (tertiary/aromatic N) is 3. The number of morpholine rings is 1. The first-order chi connectivity index (χ1) is 11.3. The van der Waals surface area contributed by atoms with Crippen molar-refractivity contribution in [2.24, 2.45) is 0 Å². The summed E-state index contributed by atoms with van der Waals surface area (Å²) in [5.74, 6) is 0. The second-order valence-corrected chi connectivity index (χ2v) is 6.04. The van der Waals surface area contributed by atoms with Crippen molar-refractivity contribution in [3.8, 4) is 5.69 Å². The molecule has 2 fully saturated rings. The van der Waals surface area contributed by atoms with Gasteiger partial charge in [-0.15, -0.1) is 0 Å². The Hall–Kier alpha value is -2.34. The third-order valence-corrected chi connectivity index (χ3v) is 4.60. The molecule has 1 saturated heterocycles. The minimum atomic E-state index is -0.0576. The van der Waals surface area contributed by atoms with E-state index in [1.54, 1.807) is 10.9 Å². The topological polar surface area (TPSA) is 59.4 Å². The smallest absolute Gasteiger partial charge is 0.322 e. The van der Waals surface area contributed by atoms with Gasteiger partial charge in [0.1, 0.15) is 0 Å². The van der Waals surface area contributed by atoms with Crippen LogP contribution in [0.4, 0.5) is 10.5 Å². The van der Waals surface area contributed by atoms with Crippen molar-refractivity contribution in [3.05, 3.63) is 42.7 Å². The van der Waals surface area contributed by atoms with Gasteiger partial charge in [-0.2, -0.15) is 5.10 Å². The number of benzene rings is 1. The normalized spacial score (nSPS) is 23.6. The minimum Gasteiger partial charge on any atom is -0.374 e. The SMILES string of the molecule is O=C(Nc1cnn(-c2ccccc2)c1)N1CCO[C@@H]2CCC[C@H]21. The molecule has 2 heterocycles. The van der Waals surface area contributed by atoms with E-state index in [9.17, 15) is 4.79 Å². The monoisotopic (exact) mass is 312 g/mol. The van der Waals surface area contributed by atoms with Crippen LogP contribution in [0.2, 0.25) is 0 Å². The molecule has 1 N–H and O–H groups in total. The molecule has 0 unspecified atom stereocenters. The fourth-order valence-electron chi connectivity index (χ4n) is 3.48. The largest absolute Gasteiger partial charge is 0.374 e. The summed E-state index contributed by atoms with van der Waals surface area (Å²) in [7, 11) is 0. The van der Waals surface area contributed by atoms with Crippen LogP contribution in [0.1, 0.15) is 19.3 Å². The number of ether oxygens (including phenoxy) is 1. The summed E-state index contributed by atoms with van der Waals surface area (Å²) < 4.78 is 7.51. The molecule has 1 saturated carbocycles. The van der Waals surface area contributed by atoms with Crippen LogP contribution in [0.25, 0.3) is 5.69 Å². The number of amides is 2. The van der Waals surface area contributed by atoms with Crippen molar-refractivity contribution in [2.45, 2.75) is 31.4 Å². The average Bonchev–Trinajstić information content (AvgIpc) is 3.24. The van der Waals surface area contributed by atoms with E-state index < -0.39 is 0 Å². The van der Waals surface area contributed by atoms with Gasteiger partial charge in [0.15, 0.2) is 0 Å². The first kappa shape index (κ1) is 14.3. The molecule has 4 rings (SSSR count). The summed E-state index contributed by atoms with van der Waals surface area (Å²) in [6, 6.07) is 10.00. The van der Waals surface area contributed by atoms with Gasteiger partial charge < -0.3 is 15.0 Å². The second-order valence-electron chi connectivity index (χ2n) is 6.04. The van der Waals surface area contributed by atoms with Crippen molar-refractivity contribution < 1.29 is 9.53 Å². The number of carbonyl (C=O) groups excluding carboxylic acids is 1. The molecule has 23 heavy (non-hydrogen) atoms. The lowest BCUT2D eigenvalue weighted by molar-refractivity contribution is -0.0362. The summed E-state index contributed by atoms with van der Waals surface area (Å²) in [4.78, 5) is 14.5. The molecule has 1 aliphatic carbocycles. The Labute approximate surface area is 135 Å². The fourth-order valence-corrected chi connectivity index (χ4v) is 3.48. The lowest BCUT2D eigenvalue weighted by Gasteiger charge is -2.37. The molecule has 2 amide bonds. The van der Waals surface area contributed by atoms with Gasteiger partial charge >= 0.3 is 6.03 Å². The molecule has 6 heteroatoms. The van der Waals surface area contributed by atoms with Gasteiger partial charge in [-0.1, -0.05) is 18.2 Å². The molecule has 0 bridgehead atoms. The van der Waals surface area contributed by atoms with Gasteiger partial charge in [0.25, 0.3) is 0 Å². The quantitative estimate of drug-likeness (QED) is 0.927. The lowest BCUT2D eigenvalue weighted by atomic mass is 10.1. The van der Waals surface area contributed by atoms with Crippen LogP contribution in [0.5, 0.6) is 0 Å². The van der Waals surface area contributed by atoms with Gasteiger partial charge in [0, 0.05) is 6.54 Å². The summed E-state index contributed by atoms with van der Waals surface area (Å²) in [6.07, 6.45) is 6.94. The molecular formula is C17H20N4O2. The maximum Gasteiger partial charge on any atom is 0.322 e. The van der Waals surface area contributed by atoms with Crippen molar-refractivity contribution >= 4 is 11.7 Å². The summed E-state index contributed by atoms with van der Waals surface area (Å²) in [5.41, 5.74) is 1.68. The number of hydrogen-bond acceptors (Lipinski definition) is 3. The molecule has 2 atom stereocenters. The molecule has 2 aliphatic rings. The number of para-hydroxylation sites is 1. The highest BCUT2D eigenvalue weighted by Gasteiger charge is 2.38. The van der Waals surface area contributed by atoms with E-state index in [4.69, 9.17) is 4.74 Å². The zero-order valence-electron chi connectivity index (χ0n) is 12.9. The number of nitrogens with one attached hydrogen (secondary N) is 1. The third-order valence-electron chi connectivity index (χ3n) is 4.60. The molecule has 6 nitrogen and oxygen atoms in total. The third kappa shape index (κ3) is 2.82. The lowest BCUT2D eigenvalue weighted by Crippen LogP contribution is -2.52. The van der Waals surface area contributed by atoms with Crippen LogP contribution in [0.3, 0.4) is 0 Å². The van der Waals surface area contributed by atoms with Crippen LogP contribution >= 0.6 is 0 Å². The predicted octanol–water partition coefficient (Wildman–Crippen LogP) is 2.66. The van der Waals surface area contributed by atoms with Gasteiger partial charge in [0.2, 0.25) is 0 Å². The van der Waals surface area contributed by atoms with Crippen LogP contribution in [-0.2, 0) is 4.74 Å². The Kier molecular flexibility index (Phi) is 3.75. The van der Waals surface area contributed by atoms with E-state index in [1.807, 2.05) is 41.4 Å². The van der Waals surface area contributed by atoms with Crippen molar-refractivity contribution in [1.29, 1.82) is 0 Å². The van der Waals surface area contributed by atoms with E-state index in [-0.39, 0.29) is 18.2 Å². The van der Waals surface area contributed by atoms with Gasteiger partial charge in [-0.3, -0.25) is 0 Å². The highest BCUT2D eigenvalue weighted by molar-refractivity contribution is 5.89. The van der Waals surface area contributed by atoms with Crippen LogP contribution in [-0.4, -0.2) is 46.0 Å². The standard InChI is InChI=1S/C17H20N4O2/c22-17(20-9-10-23-16-8-4-7-15(16)20)19-13-11-18-21(12-13)14-5-2-1-3-6-14/h1-3,5-6,11-12,15-16H,4,7-10H2,(H,19,22)/t15-,16-/m1/s1.